The molecule has 0 aliphatic carbocycles. The quantitative estimate of drug-likeness (QED) is 0.633. The molecule has 0 saturated carbocycles. The van der Waals surface area contributed by atoms with Crippen molar-refractivity contribution in [2.24, 2.45) is 0 Å². The average molecular weight is 347 g/mol. The molecule has 0 aliphatic heterocycles. The fourth-order valence-corrected chi connectivity index (χ4v) is 2.52. The summed E-state index contributed by atoms with van der Waals surface area (Å²) in [7, 11) is 0. The minimum absolute atomic E-state index is 0.386. The van der Waals surface area contributed by atoms with E-state index < -0.39 is 0 Å². The molecule has 0 spiro atoms. The topological polar surface area (TPSA) is 26.3 Å². The predicted molar refractivity (Wildman–Crippen MR) is 89.1 cm³/mol. The van der Waals surface area contributed by atoms with Crippen molar-refractivity contribution in [1.29, 1.82) is 0 Å². The summed E-state index contributed by atoms with van der Waals surface area (Å²) < 4.78 is 6.96. The molecular weight excluding hydrogens is 328 g/mol. The minimum atomic E-state index is 0.386. The molecule has 0 fully saturated rings. The van der Waals surface area contributed by atoms with Gasteiger partial charge in [-0.05, 0) is 49.1 Å². The highest BCUT2D eigenvalue weighted by Crippen LogP contribution is 2.30. The second-order valence-corrected chi connectivity index (χ2v) is 6.03. The second-order valence-electron chi connectivity index (χ2n) is 5.18. The summed E-state index contributed by atoms with van der Waals surface area (Å²) in [4.78, 5) is 10.4. The third kappa shape index (κ3) is 4.18. The highest BCUT2D eigenvalue weighted by molar-refractivity contribution is 9.10. The van der Waals surface area contributed by atoms with Crippen molar-refractivity contribution >= 4 is 22.2 Å². The maximum absolute atomic E-state index is 10.4. The molecule has 21 heavy (non-hydrogen) atoms. The summed E-state index contributed by atoms with van der Waals surface area (Å²) in [5.74, 6) is 2.06. The van der Waals surface area contributed by atoms with Gasteiger partial charge in [0.05, 0.1) is 0 Å². The van der Waals surface area contributed by atoms with Crippen LogP contribution in [0.5, 0.6) is 11.5 Å². The molecule has 0 aromatic heterocycles. The van der Waals surface area contributed by atoms with E-state index in [2.05, 4.69) is 35.0 Å². The van der Waals surface area contributed by atoms with Crippen molar-refractivity contribution < 1.29 is 9.53 Å². The zero-order valence-electron chi connectivity index (χ0n) is 12.3. The van der Waals surface area contributed by atoms with E-state index in [9.17, 15) is 4.79 Å². The lowest BCUT2D eigenvalue weighted by Crippen LogP contribution is -1.94. The number of carbonyl (C=O) groups excluding carboxylic acids is 1. The highest BCUT2D eigenvalue weighted by Gasteiger charge is 2.07. The van der Waals surface area contributed by atoms with Crippen molar-refractivity contribution in [3.63, 3.8) is 0 Å². The molecule has 1 atom stereocenters. The normalized spacial score (nSPS) is 12.0. The average Bonchev–Trinajstić information content (AvgIpc) is 2.50. The second kappa shape index (κ2) is 7.41. The molecule has 0 heterocycles. The van der Waals surface area contributed by atoms with Crippen molar-refractivity contribution in [2.45, 2.75) is 32.6 Å². The first-order valence-electron chi connectivity index (χ1n) is 7.08. The largest absolute Gasteiger partial charge is 0.457 e. The Morgan fingerprint density at radius 3 is 2.57 bits per heavy atom. The monoisotopic (exact) mass is 346 g/mol. The van der Waals surface area contributed by atoms with Crippen LogP contribution in [0.25, 0.3) is 0 Å². The molecule has 0 N–H and O–H groups in total. The molecule has 3 heteroatoms. The number of ether oxygens (including phenoxy) is 1. The maximum Gasteiger partial charge on any atom is 0.131 e. The first-order chi connectivity index (χ1) is 10.1. The first-order valence-corrected chi connectivity index (χ1v) is 7.87. The van der Waals surface area contributed by atoms with Crippen molar-refractivity contribution in [3.05, 3.63) is 58.1 Å². The zero-order valence-corrected chi connectivity index (χ0v) is 13.9. The number of halogens is 1. The number of benzene rings is 2. The molecule has 0 unspecified atom stereocenters. The number of aldehydes is 1. The Bertz CT molecular complexity index is 605. The molecule has 2 nitrogen and oxygen atoms in total. The zero-order chi connectivity index (χ0) is 15.2. The van der Waals surface area contributed by atoms with Gasteiger partial charge in [0.15, 0.2) is 0 Å². The van der Waals surface area contributed by atoms with Crippen LogP contribution in [0.1, 0.15) is 36.8 Å². The molecule has 0 bridgehead atoms. The van der Waals surface area contributed by atoms with Gasteiger partial charge >= 0.3 is 0 Å². The summed E-state index contributed by atoms with van der Waals surface area (Å²) >= 11 is 3.51. The van der Waals surface area contributed by atoms with E-state index in [1.165, 1.54) is 5.56 Å². The van der Waals surface area contributed by atoms with E-state index in [0.29, 0.717) is 12.3 Å². The Balaban J connectivity index is 2.09. The smallest absolute Gasteiger partial charge is 0.131 e. The fourth-order valence-electron chi connectivity index (χ4n) is 2.17. The molecule has 0 aliphatic rings. The lowest BCUT2D eigenvalue weighted by molar-refractivity contribution is -0.108. The Kier molecular flexibility index (Phi) is 5.57. The van der Waals surface area contributed by atoms with Crippen LogP contribution in [0.4, 0.5) is 0 Å². The maximum atomic E-state index is 10.4. The molecular formula is C18H19BrO2. The van der Waals surface area contributed by atoms with Gasteiger partial charge in [-0.1, -0.05) is 41.1 Å². The van der Waals surface area contributed by atoms with Gasteiger partial charge in [0.2, 0.25) is 0 Å². The number of hydrogen-bond donors (Lipinski definition) is 0. The number of rotatable bonds is 6. The van der Waals surface area contributed by atoms with Crippen LogP contribution in [0.2, 0.25) is 0 Å². The van der Waals surface area contributed by atoms with Gasteiger partial charge in [-0.3, -0.25) is 0 Å². The third-order valence-electron chi connectivity index (χ3n) is 3.61. The van der Waals surface area contributed by atoms with E-state index in [0.717, 1.165) is 34.2 Å². The predicted octanol–water partition coefficient (Wildman–Crippen LogP) is 5.63. The molecule has 110 valence electrons. The summed E-state index contributed by atoms with van der Waals surface area (Å²) in [6, 6.07) is 14.0. The fraction of sp³-hybridized carbons (Fsp3) is 0.278. The van der Waals surface area contributed by atoms with Crippen LogP contribution in [0.15, 0.2) is 46.9 Å². The Morgan fingerprint density at radius 2 is 1.90 bits per heavy atom. The Hall–Kier alpha value is -1.61. The molecule has 2 aromatic rings. The van der Waals surface area contributed by atoms with Gasteiger partial charge in [0, 0.05) is 16.5 Å². The Labute approximate surface area is 134 Å². The van der Waals surface area contributed by atoms with Gasteiger partial charge in [0.1, 0.15) is 17.8 Å². The number of carbonyl (C=O) groups is 1. The lowest BCUT2D eigenvalue weighted by atomic mass is 9.96. The Morgan fingerprint density at radius 1 is 1.19 bits per heavy atom. The van der Waals surface area contributed by atoms with Crippen LogP contribution in [0, 0.1) is 6.92 Å². The highest BCUT2D eigenvalue weighted by atomic mass is 79.9. The summed E-state index contributed by atoms with van der Waals surface area (Å²) in [5.41, 5.74) is 2.32. The standard InChI is InChI=1S/C18H19BrO2/c1-13(5-4-12-20)15-8-10-16(11-9-15)21-18-7-3-6-17(19)14(18)2/h3,6-13H,4-5H2,1-2H3/t13-/m0/s1. The molecule has 2 rings (SSSR count). The van der Waals surface area contributed by atoms with Gasteiger partial charge in [-0.2, -0.15) is 0 Å². The van der Waals surface area contributed by atoms with E-state index in [1.54, 1.807) is 0 Å². The van der Waals surface area contributed by atoms with Gasteiger partial charge in [-0.25, -0.2) is 0 Å². The van der Waals surface area contributed by atoms with Crippen LogP contribution >= 0.6 is 15.9 Å². The summed E-state index contributed by atoms with van der Waals surface area (Å²) in [6.45, 7) is 4.16. The van der Waals surface area contributed by atoms with E-state index in [-0.39, 0.29) is 0 Å². The van der Waals surface area contributed by atoms with E-state index in [1.807, 2.05) is 37.3 Å². The SMILES string of the molecule is Cc1c(Br)cccc1Oc1ccc([C@@H](C)CCC=O)cc1. The van der Waals surface area contributed by atoms with E-state index >= 15 is 0 Å². The number of hydrogen-bond acceptors (Lipinski definition) is 2. The van der Waals surface area contributed by atoms with Gasteiger partial charge < -0.3 is 9.53 Å². The van der Waals surface area contributed by atoms with Crippen molar-refractivity contribution in [1.82, 2.24) is 0 Å². The summed E-state index contributed by atoms with van der Waals surface area (Å²) in [5, 5.41) is 0. The van der Waals surface area contributed by atoms with Crippen LogP contribution in [0.3, 0.4) is 0 Å². The van der Waals surface area contributed by atoms with E-state index in [4.69, 9.17) is 4.74 Å². The summed E-state index contributed by atoms with van der Waals surface area (Å²) in [6.07, 6.45) is 2.47. The van der Waals surface area contributed by atoms with Crippen LogP contribution in [-0.4, -0.2) is 6.29 Å². The molecule has 0 amide bonds. The molecule has 0 saturated heterocycles. The first kappa shape index (κ1) is 15.8. The minimum Gasteiger partial charge on any atom is -0.457 e. The van der Waals surface area contributed by atoms with Gasteiger partial charge in [-0.15, -0.1) is 0 Å². The van der Waals surface area contributed by atoms with Crippen LogP contribution in [-0.2, 0) is 4.79 Å². The molecule has 2 aromatic carbocycles. The van der Waals surface area contributed by atoms with Crippen LogP contribution < -0.4 is 4.74 Å². The van der Waals surface area contributed by atoms with Crippen molar-refractivity contribution in [3.8, 4) is 11.5 Å². The van der Waals surface area contributed by atoms with Gasteiger partial charge in [0.25, 0.3) is 0 Å². The molecule has 0 radical (unpaired) electrons. The van der Waals surface area contributed by atoms with Crippen molar-refractivity contribution in [2.75, 3.05) is 0 Å². The third-order valence-corrected chi connectivity index (χ3v) is 4.47. The lowest BCUT2D eigenvalue weighted by Gasteiger charge is -2.13.